The number of hydrogen-bond acceptors (Lipinski definition) is 8. The van der Waals surface area contributed by atoms with Gasteiger partial charge in [0.2, 0.25) is 0 Å². The molecule has 7 unspecified atom stereocenters. The molecule has 4 saturated carbocycles. The van der Waals surface area contributed by atoms with Gasteiger partial charge in [-0.15, -0.1) is 0 Å². The van der Waals surface area contributed by atoms with Crippen LogP contribution >= 0.6 is 0 Å². The lowest BCUT2D eigenvalue weighted by molar-refractivity contribution is -0.144. The molecule has 4 aliphatic carbocycles. The molecule has 7 atom stereocenters. The van der Waals surface area contributed by atoms with Crippen LogP contribution in [0.5, 0.6) is 0 Å². The number of ether oxygens (including phenoxy) is 1. The highest BCUT2D eigenvalue weighted by molar-refractivity contribution is 5.69. The topological polar surface area (TPSA) is 216 Å². The first-order valence-electron chi connectivity index (χ1n) is 20.2. The molecular formula is C40H75N3O8. The quantitative estimate of drug-likeness (QED) is 0.0643. The fourth-order valence-electron chi connectivity index (χ4n) is 9.88. The number of rotatable bonds is 17. The molecule has 0 spiro atoms. The van der Waals surface area contributed by atoms with Crippen molar-refractivity contribution in [1.82, 2.24) is 0 Å². The molecule has 4 fully saturated rings. The minimum atomic E-state index is -0.836. The van der Waals surface area contributed by atoms with Gasteiger partial charge in [0, 0.05) is 26.1 Å². The minimum Gasteiger partial charge on any atom is -0.481 e. The summed E-state index contributed by atoms with van der Waals surface area (Å²) >= 11 is 0. The van der Waals surface area contributed by atoms with Crippen molar-refractivity contribution in [2.24, 2.45) is 57.6 Å². The maximum absolute atomic E-state index is 12.2. The van der Waals surface area contributed by atoms with Crippen LogP contribution in [0.25, 0.3) is 0 Å². The van der Waals surface area contributed by atoms with Crippen LogP contribution in [0.15, 0.2) is 0 Å². The third-order valence-electron chi connectivity index (χ3n) is 12.5. The van der Waals surface area contributed by atoms with Crippen molar-refractivity contribution >= 4 is 23.9 Å². The number of nitrogens with two attached hydrogens (primary N) is 3. The molecule has 4 aliphatic rings. The third kappa shape index (κ3) is 16.5. The van der Waals surface area contributed by atoms with E-state index in [1.165, 1.54) is 103 Å². The van der Waals surface area contributed by atoms with Gasteiger partial charge in [0.1, 0.15) is 0 Å². The predicted octanol–water partition coefficient (Wildman–Crippen LogP) is 7.37. The zero-order valence-corrected chi connectivity index (χ0v) is 32.4. The highest BCUT2D eigenvalue weighted by Gasteiger charge is 2.59. The molecule has 0 amide bonds. The Hall–Kier alpha value is -2.24. The van der Waals surface area contributed by atoms with Crippen LogP contribution in [0.3, 0.4) is 0 Å². The molecule has 0 radical (unpaired) electrons. The van der Waals surface area contributed by atoms with Crippen LogP contribution in [0.2, 0.25) is 0 Å². The number of fused-ring (bicyclic) bond motifs is 5. The van der Waals surface area contributed by atoms with E-state index < -0.39 is 17.9 Å². The molecule has 0 aliphatic heterocycles. The number of unbranched alkanes of at least 4 members (excludes halogenated alkanes) is 5. The second-order valence-electron chi connectivity index (χ2n) is 15.9. The fourth-order valence-corrected chi connectivity index (χ4v) is 9.88. The van der Waals surface area contributed by atoms with E-state index in [1.807, 2.05) is 0 Å². The molecule has 9 N–H and O–H groups in total. The van der Waals surface area contributed by atoms with Crippen molar-refractivity contribution < 1.29 is 39.2 Å². The number of carboxylic acids is 3. The van der Waals surface area contributed by atoms with Gasteiger partial charge in [-0.2, -0.15) is 0 Å². The average molecular weight is 726 g/mol. The van der Waals surface area contributed by atoms with Gasteiger partial charge in [0.15, 0.2) is 0 Å². The Labute approximate surface area is 308 Å². The second-order valence-corrected chi connectivity index (χ2v) is 15.9. The summed E-state index contributed by atoms with van der Waals surface area (Å²) in [4.78, 5) is 40.8. The van der Waals surface area contributed by atoms with Crippen molar-refractivity contribution in [3.05, 3.63) is 0 Å². The summed E-state index contributed by atoms with van der Waals surface area (Å²) in [7, 11) is 0. The van der Waals surface area contributed by atoms with Gasteiger partial charge in [0.05, 0.1) is 25.9 Å². The first-order chi connectivity index (χ1) is 24.3. The van der Waals surface area contributed by atoms with E-state index in [2.05, 4.69) is 20.8 Å². The Morgan fingerprint density at radius 2 is 1.20 bits per heavy atom. The summed E-state index contributed by atoms with van der Waals surface area (Å²) in [5.74, 6) is 2.37. The van der Waals surface area contributed by atoms with Crippen molar-refractivity contribution in [3.63, 3.8) is 0 Å². The highest BCUT2D eigenvalue weighted by Crippen LogP contribution is 2.67. The summed E-state index contributed by atoms with van der Waals surface area (Å²) in [5, 5.41) is 23.5. The van der Waals surface area contributed by atoms with E-state index >= 15 is 0 Å². The lowest BCUT2D eigenvalue weighted by atomic mass is 9.45. The molecule has 11 nitrogen and oxygen atoms in total. The Kier molecular flexibility index (Phi) is 23.6. The Balaban J connectivity index is 0.000000595. The molecule has 11 heteroatoms. The largest absolute Gasteiger partial charge is 0.481 e. The summed E-state index contributed by atoms with van der Waals surface area (Å²) in [6.45, 7) is 8.93. The van der Waals surface area contributed by atoms with Crippen molar-refractivity contribution in [3.8, 4) is 0 Å². The lowest BCUT2D eigenvalue weighted by Crippen LogP contribution is -2.52. The molecule has 0 aromatic rings. The van der Waals surface area contributed by atoms with Crippen LogP contribution in [0, 0.1) is 40.4 Å². The predicted molar refractivity (Wildman–Crippen MR) is 202 cm³/mol. The van der Waals surface area contributed by atoms with Gasteiger partial charge in [0.25, 0.3) is 0 Å². The molecule has 0 bridgehead atoms. The zero-order valence-electron chi connectivity index (χ0n) is 32.4. The van der Waals surface area contributed by atoms with Crippen molar-refractivity contribution in [1.29, 1.82) is 0 Å². The van der Waals surface area contributed by atoms with Crippen LogP contribution in [-0.2, 0) is 23.9 Å². The van der Waals surface area contributed by atoms with E-state index in [1.54, 1.807) is 0 Å². The van der Waals surface area contributed by atoms with Gasteiger partial charge >= 0.3 is 23.9 Å². The Bertz CT molecular complexity index is 974. The Morgan fingerprint density at radius 1 is 0.627 bits per heavy atom. The van der Waals surface area contributed by atoms with E-state index in [0.29, 0.717) is 23.9 Å². The molecule has 4 rings (SSSR count). The summed E-state index contributed by atoms with van der Waals surface area (Å²) in [6, 6.07) is 0. The normalized spacial score (nSPS) is 28.8. The van der Waals surface area contributed by atoms with Gasteiger partial charge in [-0.1, -0.05) is 65.7 Å². The lowest BCUT2D eigenvalue weighted by Gasteiger charge is -2.60. The first kappa shape index (κ1) is 46.8. The maximum Gasteiger partial charge on any atom is 0.305 e. The summed E-state index contributed by atoms with van der Waals surface area (Å²) in [5.41, 5.74) is 15.7. The summed E-state index contributed by atoms with van der Waals surface area (Å²) < 4.78 is 5.54. The second kappa shape index (κ2) is 25.7. The highest BCUT2D eigenvalue weighted by atomic mass is 16.5. The molecule has 51 heavy (non-hydrogen) atoms. The molecule has 298 valence electrons. The SMILES string of the molecule is CCCCCCCCOC(=O)CCCC1CCC2C3CCC4CCCCC4(C)C3CCC12C.NCCC(=O)O.NCCC(=O)O.NCCC(=O)O. The minimum absolute atomic E-state index is 0.0514. The molecule has 0 aromatic heterocycles. The standard InChI is InChI=1S/C31H54O2.3C3H7NO2/c1-4-5-6-7-8-11-23-33-29(32)15-12-14-25-17-19-27-26-18-16-24-13-9-10-21-30(24,2)28(26)20-22-31(25,27)3;3*4-2-1-3(5)6/h24-28H,4-23H2,1-3H3;3*1-2,4H2,(H,5,6). The van der Waals surface area contributed by atoms with E-state index in [4.69, 9.17) is 37.3 Å². The van der Waals surface area contributed by atoms with Gasteiger partial charge in [-0.3, -0.25) is 19.2 Å². The monoisotopic (exact) mass is 726 g/mol. The van der Waals surface area contributed by atoms with E-state index in [9.17, 15) is 19.2 Å². The van der Waals surface area contributed by atoms with Crippen LogP contribution < -0.4 is 17.2 Å². The third-order valence-corrected chi connectivity index (χ3v) is 12.5. The number of carboxylic acid groups (broad SMARTS) is 3. The van der Waals surface area contributed by atoms with Crippen LogP contribution in [-0.4, -0.2) is 65.4 Å². The maximum atomic E-state index is 12.2. The van der Waals surface area contributed by atoms with Crippen molar-refractivity contribution in [2.45, 2.75) is 162 Å². The molecule has 0 saturated heterocycles. The van der Waals surface area contributed by atoms with E-state index in [0.717, 1.165) is 42.4 Å². The van der Waals surface area contributed by atoms with Gasteiger partial charge < -0.3 is 37.3 Å². The Morgan fingerprint density at radius 3 is 1.75 bits per heavy atom. The molecule has 0 heterocycles. The van der Waals surface area contributed by atoms with Crippen LogP contribution in [0.4, 0.5) is 0 Å². The van der Waals surface area contributed by atoms with Crippen molar-refractivity contribution in [2.75, 3.05) is 26.2 Å². The zero-order chi connectivity index (χ0) is 38.3. The molecule has 0 aromatic carbocycles. The number of carbonyl (C=O) groups is 4. The fraction of sp³-hybridized carbons (Fsp3) is 0.900. The average Bonchev–Trinajstić information content (AvgIpc) is 3.41. The van der Waals surface area contributed by atoms with E-state index in [-0.39, 0.29) is 44.9 Å². The smallest absolute Gasteiger partial charge is 0.305 e. The number of carbonyl (C=O) groups excluding carboxylic acids is 1. The molecular weight excluding hydrogens is 650 g/mol. The van der Waals surface area contributed by atoms with Crippen LogP contribution in [0.1, 0.15) is 162 Å². The summed E-state index contributed by atoms with van der Waals surface area (Å²) in [6.07, 6.45) is 25.5. The number of aliphatic carboxylic acids is 3. The van der Waals surface area contributed by atoms with Gasteiger partial charge in [-0.05, 0) is 111 Å². The number of esters is 1. The van der Waals surface area contributed by atoms with Gasteiger partial charge in [-0.25, -0.2) is 0 Å². The number of hydrogen-bond donors (Lipinski definition) is 6. The first-order valence-corrected chi connectivity index (χ1v) is 20.2.